The molecule has 0 atom stereocenters. The Morgan fingerprint density at radius 3 is 2.93 bits per heavy atom. The second-order valence-corrected chi connectivity index (χ2v) is 4.01. The highest BCUT2D eigenvalue weighted by molar-refractivity contribution is 5.96. The summed E-state index contributed by atoms with van der Waals surface area (Å²) in [6.07, 6.45) is 0.792. The number of rotatable bonds is 2. The molecule has 76 valence electrons. The number of carbonyl (C=O) groups excluding carboxylic acids is 1. The zero-order valence-corrected chi connectivity index (χ0v) is 8.46. The lowest BCUT2D eigenvalue weighted by atomic mass is 10.1. The summed E-state index contributed by atoms with van der Waals surface area (Å²) >= 11 is 0. The molecule has 2 rings (SSSR count). The lowest BCUT2D eigenvalue weighted by Gasteiger charge is -2.07. The molecule has 0 aromatic carbocycles. The number of Topliss-reactive ketones (excluding diaryl/α,β-unsaturated/α-hetero) is 1. The summed E-state index contributed by atoms with van der Waals surface area (Å²) in [5, 5.41) is 2.99. The van der Waals surface area contributed by atoms with Crippen LogP contribution in [0.4, 0.5) is 0 Å². The molecule has 0 unspecified atom stereocenters. The van der Waals surface area contributed by atoms with Gasteiger partial charge in [-0.2, -0.15) is 0 Å². The molecule has 0 bridgehead atoms. The van der Waals surface area contributed by atoms with E-state index in [4.69, 9.17) is 4.42 Å². The number of ketones is 1. The third-order valence-electron chi connectivity index (χ3n) is 2.16. The summed E-state index contributed by atoms with van der Waals surface area (Å²) in [5.41, 5.74) is 0.761. The maximum Gasteiger partial charge on any atom is 0.213 e. The van der Waals surface area contributed by atoms with Gasteiger partial charge in [-0.15, -0.1) is 0 Å². The Labute approximate surface area is 82.7 Å². The van der Waals surface area contributed by atoms with E-state index in [2.05, 4.69) is 24.1 Å². The van der Waals surface area contributed by atoms with Crippen LogP contribution in [0.5, 0.6) is 0 Å². The Hall–Kier alpha value is -1.16. The minimum absolute atomic E-state index is 0.00811. The molecule has 1 aliphatic rings. The largest absolute Gasteiger partial charge is 0.437 e. The Morgan fingerprint density at radius 1 is 1.50 bits per heavy atom. The lowest BCUT2D eigenvalue weighted by Crippen LogP contribution is -2.29. The standard InChI is InChI=1S/C10H14N2O2/c1-6(2)3-9-12-7-4-11-5-8(13)10(7)14-9/h6,11H,3-5H2,1-2H3. The Kier molecular flexibility index (Phi) is 2.37. The second kappa shape index (κ2) is 3.53. The van der Waals surface area contributed by atoms with E-state index in [9.17, 15) is 4.79 Å². The highest BCUT2D eigenvalue weighted by Crippen LogP contribution is 2.17. The molecule has 2 heterocycles. The third-order valence-corrected chi connectivity index (χ3v) is 2.16. The van der Waals surface area contributed by atoms with Gasteiger partial charge in [0.25, 0.3) is 0 Å². The summed E-state index contributed by atoms with van der Waals surface area (Å²) in [6, 6.07) is 0. The summed E-state index contributed by atoms with van der Waals surface area (Å²) < 4.78 is 5.43. The first kappa shape index (κ1) is 9.40. The van der Waals surface area contributed by atoms with Crippen molar-refractivity contribution in [3.05, 3.63) is 17.3 Å². The normalized spacial score (nSPS) is 16.1. The minimum atomic E-state index is 0.00811. The van der Waals surface area contributed by atoms with E-state index in [0.717, 1.165) is 12.1 Å². The molecule has 1 aromatic rings. The predicted octanol–water partition coefficient (Wildman–Crippen LogP) is 1.16. The van der Waals surface area contributed by atoms with Crippen molar-refractivity contribution in [3.63, 3.8) is 0 Å². The molecule has 1 aliphatic heterocycles. The number of aromatic nitrogens is 1. The van der Waals surface area contributed by atoms with E-state index >= 15 is 0 Å². The van der Waals surface area contributed by atoms with Gasteiger partial charge in [-0.25, -0.2) is 4.98 Å². The second-order valence-electron chi connectivity index (χ2n) is 4.01. The van der Waals surface area contributed by atoms with Crippen LogP contribution in [-0.2, 0) is 13.0 Å². The molecule has 4 nitrogen and oxygen atoms in total. The van der Waals surface area contributed by atoms with Crippen molar-refractivity contribution in [1.82, 2.24) is 10.3 Å². The van der Waals surface area contributed by atoms with Gasteiger partial charge in [-0.1, -0.05) is 13.8 Å². The quantitative estimate of drug-likeness (QED) is 0.767. The van der Waals surface area contributed by atoms with Crippen LogP contribution in [0.15, 0.2) is 4.42 Å². The van der Waals surface area contributed by atoms with Gasteiger partial charge in [0.1, 0.15) is 5.69 Å². The minimum Gasteiger partial charge on any atom is -0.437 e. The number of hydrogen-bond acceptors (Lipinski definition) is 4. The highest BCUT2D eigenvalue weighted by Gasteiger charge is 2.23. The summed E-state index contributed by atoms with van der Waals surface area (Å²) in [5.74, 6) is 1.65. The maximum absolute atomic E-state index is 11.4. The van der Waals surface area contributed by atoms with Gasteiger partial charge in [-0.05, 0) is 5.92 Å². The first-order valence-electron chi connectivity index (χ1n) is 4.89. The summed E-state index contributed by atoms with van der Waals surface area (Å²) in [7, 11) is 0. The van der Waals surface area contributed by atoms with Crippen molar-refractivity contribution in [2.45, 2.75) is 26.8 Å². The van der Waals surface area contributed by atoms with E-state index in [1.165, 1.54) is 0 Å². The van der Waals surface area contributed by atoms with Crippen LogP contribution in [0.1, 0.15) is 36.0 Å². The number of nitrogens with one attached hydrogen (secondary N) is 1. The van der Waals surface area contributed by atoms with Gasteiger partial charge in [0.2, 0.25) is 5.78 Å². The predicted molar refractivity (Wildman–Crippen MR) is 51.1 cm³/mol. The van der Waals surface area contributed by atoms with Gasteiger partial charge < -0.3 is 9.73 Å². The van der Waals surface area contributed by atoms with Crippen LogP contribution < -0.4 is 5.32 Å². The molecule has 0 saturated carbocycles. The van der Waals surface area contributed by atoms with Crippen molar-refractivity contribution in [3.8, 4) is 0 Å². The van der Waals surface area contributed by atoms with Crippen LogP contribution in [0.3, 0.4) is 0 Å². The lowest BCUT2D eigenvalue weighted by molar-refractivity contribution is 0.0951. The SMILES string of the molecule is CC(C)Cc1nc2c(o1)C(=O)CNC2. The number of fused-ring (bicyclic) bond motifs is 1. The van der Waals surface area contributed by atoms with Gasteiger partial charge in [0, 0.05) is 13.0 Å². The fraction of sp³-hybridized carbons (Fsp3) is 0.600. The smallest absolute Gasteiger partial charge is 0.213 e. The average Bonchev–Trinajstić information content (AvgIpc) is 2.47. The molecule has 0 amide bonds. The van der Waals surface area contributed by atoms with Crippen LogP contribution >= 0.6 is 0 Å². The van der Waals surface area contributed by atoms with E-state index < -0.39 is 0 Å². The molecular formula is C10H14N2O2. The van der Waals surface area contributed by atoms with Crippen LogP contribution in [0, 0.1) is 5.92 Å². The average molecular weight is 194 g/mol. The van der Waals surface area contributed by atoms with Crippen molar-refractivity contribution >= 4 is 5.78 Å². The molecule has 4 heteroatoms. The van der Waals surface area contributed by atoms with E-state index in [1.54, 1.807) is 0 Å². The van der Waals surface area contributed by atoms with Gasteiger partial charge >= 0.3 is 0 Å². The van der Waals surface area contributed by atoms with Gasteiger partial charge in [0.05, 0.1) is 6.54 Å². The number of hydrogen-bond donors (Lipinski definition) is 1. The summed E-state index contributed by atoms with van der Waals surface area (Å²) in [6.45, 7) is 5.21. The highest BCUT2D eigenvalue weighted by atomic mass is 16.4. The molecule has 0 aliphatic carbocycles. The Bertz CT molecular complexity index is 355. The molecule has 0 fully saturated rings. The molecular weight excluding hydrogens is 180 g/mol. The molecule has 1 N–H and O–H groups in total. The summed E-state index contributed by atoms with van der Waals surface area (Å²) in [4.78, 5) is 15.7. The molecule has 1 aromatic heterocycles. The van der Waals surface area contributed by atoms with Crippen molar-refractivity contribution in [1.29, 1.82) is 0 Å². The molecule has 0 spiro atoms. The van der Waals surface area contributed by atoms with Crippen molar-refractivity contribution < 1.29 is 9.21 Å². The first-order chi connectivity index (χ1) is 6.66. The molecule has 0 radical (unpaired) electrons. The zero-order chi connectivity index (χ0) is 10.1. The van der Waals surface area contributed by atoms with Gasteiger partial charge in [0.15, 0.2) is 11.7 Å². The topological polar surface area (TPSA) is 55.1 Å². The zero-order valence-electron chi connectivity index (χ0n) is 8.46. The maximum atomic E-state index is 11.4. The van der Waals surface area contributed by atoms with E-state index in [1.807, 2.05) is 0 Å². The third kappa shape index (κ3) is 1.70. The first-order valence-corrected chi connectivity index (χ1v) is 4.89. The molecule has 14 heavy (non-hydrogen) atoms. The monoisotopic (exact) mass is 194 g/mol. The fourth-order valence-corrected chi connectivity index (χ4v) is 1.55. The van der Waals surface area contributed by atoms with E-state index in [0.29, 0.717) is 30.7 Å². The van der Waals surface area contributed by atoms with Gasteiger partial charge in [-0.3, -0.25) is 4.79 Å². The number of carbonyl (C=O) groups is 1. The van der Waals surface area contributed by atoms with Crippen LogP contribution in [0.25, 0.3) is 0 Å². The number of nitrogens with zero attached hydrogens (tertiary/aromatic N) is 1. The van der Waals surface area contributed by atoms with Crippen molar-refractivity contribution in [2.24, 2.45) is 5.92 Å². The molecule has 0 saturated heterocycles. The van der Waals surface area contributed by atoms with Crippen LogP contribution in [0.2, 0.25) is 0 Å². The van der Waals surface area contributed by atoms with Crippen LogP contribution in [-0.4, -0.2) is 17.3 Å². The fourth-order valence-electron chi connectivity index (χ4n) is 1.55. The Morgan fingerprint density at radius 2 is 2.29 bits per heavy atom. The number of oxazole rings is 1. The van der Waals surface area contributed by atoms with E-state index in [-0.39, 0.29) is 5.78 Å². The Balaban J connectivity index is 2.26. The van der Waals surface area contributed by atoms with Crippen molar-refractivity contribution in [2.75, 3.05) is 6.54 Å².